The SMILES string of the molecule is CCC1NC(C(C)C)N(C(C)CSC)C1=O. The van der Waals surface area contributed by atoms with E-state index in [-0.39, 0.29) is 18.1 Å². The molecule has 0 aromatic carbocycles. The molecule has 0 aromatic heterocycles. The lowest BCUT2D eigenvalue weighted by atomic mass is 10.1. The van der Waals surface area contributed by atoms with Crippen molar-refractivity contribution >= 4 is 17.7 Å². The Morgan fingerprint density at radius 2 is 2.06 bits per heavy atom. The molecule has 3 nitrogen and oxygen atoms in total. The van der Waals surface area contributed by atoms with E-state index < -0.39 is 0 Å². The van der Waals surface area contributed by atoms with Gasteiger partial charge < -0.3 is 4.90 Å². The molecule has 3 unspecified atom stereocenters. The van der Waals surface area contributed by atoms with Gasteiger partial charge in [0.25, 0.3) is 0 Å². The van der Waals surface area contributed by atoms with Crippen LogP contribution in [0.4, 0.5) is 0 Å². The Morgan fingerprint density at radius 1 is 1.44 bits per heavy atom. The summed E-state index contributed by atoms with van der Waals surface area (Å²) in [4.78, 5) is 14.3. The molecular formula is C12H24N2OS. The highest BCUT2D eigenvalue weighted by atomic mass is 32.2. The Bertz CT molecular complexity index is 245. The van der Waals surface area contributed by atoms with Gasteiger partial charge in [0, 0.05) is 11.8 Å². The molecule has 1 amide bonds. The van der Waals surface area contributed by atoms with E-state index in [0.717, 1.165) is 12.2 Å². The van der Waals surface area contributed by atoms with Gasteiger partial charge in [0.2, 0.25) is 5.91 Å². The highest BCUT2D eigenvalue weighted by Crippen LogP contribution is 2.23. The number of carbonyl (C=O) groups excluding carboxylic acids is 1. The van der Waals surface area contributed by atoms with Gasteiger partial charge >= 0.3 is 0 Å². The zero-order valence-corrected chi connectivity index (χ0v) is 11.8. The van der Waals surface area contributed by atoms with E-state index >= 15 is 0 Å². The van der Waals surface area contributed by atoms with E-state index in [1.807, 2.05) is 0 Å². The quantitative estimate of drug-likeness (QED) is 0.802. The molecule has 1 rings (SSSR count). The van der Waals surface area contributed by atoms with Gasteiger partial charge in [-0.2, -0.15) is 11.8 Å². The van der Waals surface area contributed by atoms with Crippen LogP contribution in [-0.4, -0.2) is 41.1 Å². The van der Waals surface area contributed by atoms with Crippen LogP contribution in [0, 0.1) is 5.92 Å². The lowest BCUT2D eigenvalue weighted by Crippen LogP contribution is -2.47. The van der Waals surface area contributed by atoms with Crippen LogP contribution in [0.5, 0.6) is 0 Å². The Balaban J connectivity index is 2.80. The molecular weight excluding hydrogens is 220 g/mol. The number of carbonyl (C=O) groups is 1. The first kappa shape index (κ1) is 13.8. The maximum absolute atomic E-state index is 12.2. The highest BCUT2D eigenvalue weighted by Gasteiger charge is 2.41. The fraction of sp³-hybridized carbons (Fsp3) is 0.917. The molecule has 3 atom stereocenters. The Morgan fingerprint density at radius 3 is 2.50 bits per heavy atom. The van der Waals surface area contributed by atoms with Gasteiger partial charge in [-0.3, -0.25) is 10.1 Å². The van der Waals surface area contributed by atoms with Crippen molar-refractivity contribution < 1.29 is 4.79 Å². The van der Waals surface area contributed by atoms with Gasteiger partial charge in [-0.05, 0) is 25.5 Å². The van der Waals surface area contributed by atoms with Crippen LogP contribution in [0.15, 0.2) is 0 Å². The van der Waals surface area contributed by atoms with Crippen molar-refractivity contribution in [2.45, 2.75) is 52.4 Å². The number of nitrogens with one attached hydrogen (secondary N) is 1. The molecule has 0 radical (unpaired) electrons. The van der Waals surface area contributed by atoms with Crippen LogP contribution < -0.4 is 5.32 Å². The Labute approximate surface area is 103 Å². The van der Waals surface area contributed by atoms with Crippen LogP contribution in [0.25, 0.3) is 0 Å². The average Bonchev–Trinajstić information content (AvgIpc) is 2.55. The zero-order valence-electron chi connectivity index (χ0n) is 11.0. The van der Waals surface area contributed by atoms with Crippen molar-refractivity contribution in [1.29, 1.82) is 0 Å². The van der Waals surface area contributed by atoms with E-state index in [9.17, 15) is 4.79 Å². The molecule has 0 aliphatic carbocycles. The minimum Gasteiger partial charge on any atom is -0.322 e. The molecule has 1 aliphatic rings. The molecule has 1 N–H and O–H groups in total. The maximum atomic E-state index is 12.2. The molecule has 1 aliphatic heterocycles. The van der Waals surface area contributed by atoms with Crippen molar-refractivity contribution in [2.75, 3.05) is 12.0 Å². The Hall–Kier alpha value is -0.220. The van der Waals surface area contributed by atoms with Crippen molar-refractivity contribution in [3.63, 3.8) is 0 Å². The maximum Gasteiger partial charge on any atom is 0.241 e. The molecule has 0 bridgehead atoms. The average molecular weight is 244 g/mol. The van der Waals surface area contributed by atoms with E-state index in [1.54, 1.807) is 11.8 Å². The van der Waals surface area contributed by atoms with E-state index in [1.165, 1.54) is 0 Å². The fourth-order valence-corrected chi connectivity index (χ4v) is 2.94. The summed E-state index contributed by atoms with van der Waals surface area (Å²) in [5.74, 6) is 1.75. The summed E-state index contributed by atoms with van der Waals surface area (Å²) in [5, 5.41) is 3.45. The van der Waals surface area contributed by atoms with E-state index in [4.69, 9.17) is 0 Å². The fourth-order valence-electron chi connectivity index (χ4n) is 2.29. The predicted octanol–water partition coefficient (Wildman–Crippen LogP) is 1.93. The van der Waals surface area contributed by atoms with Gasteiger partial charge in [-0.15, -0.1) is 0 Å². The lowest BCUT2D eigenvalue weighted by Gasteiger charge is -2.32. The van der Waals surface area contributed by atoms with Gasteiger partial charge in [-0.1, -0.05) is 20.8 Å². The number of rotatable bonds is 5. The second-order valence-corrected chi connectivity index (χ2v) is 5.78. The molecule has 0 saturated carbocycles. The second kappa shape index (κ2) is 5.92. The standard InChI is InChI=1S/C12H24N2OS/c1-6-10-12(15)14(9(4)7-16-5)11(13-10)8(2)3/h8-11,13H,6-7H2,1-5H3. The first-order valence-electron chi connectivity index (χ1n) is 6.10. The van der Waals surface area contributed by atoms with E-state index in [2.05, 4.69) is 44.2 Å². The van der Waals surface area contributed by atoms with Gasteiger partial charge in [0.05, 0.1) is 12.2 Å². The lowest BCUT2D eigenvalue weighted by molar-refractivity contribution is -0.132. The summed E-state index contributed by atoms with van der Waals surface area (Å²) in [6.07, 6.45) is 3.18. The van der Waals surface area contributed by atoms with Crippen LogP contribution in [0.2, 0.25) is 0 Å². The summed E-state index contributed by atoms with van der Waals surface area (Å²) in [6.45, 7) is 8.54. The van der Waals surface area contributed by atoms with Crippen molar-refractivity contribution in [3.05, 3.63) is 0 Å². The predicted molar refractivity (Wildman–Crippen MR) is 70.5 cm³/mol. The number of thioether (sulfide) groups is 1. The van der Waals surface area contributed by atoms with Gasteiger partial charge in [0.15, 0.2) is 0 Å². The summed E-state index contributed by atoms with van der Waals surface area (Å²) in [6, 6.07) is 0.343. The summed E-state index contributed by atoms with van der Waals surface area (Å²) in [7, 11) is 0. The van der Waals surface area contributed by atoms with Crippen LogP contribution in [0.3, 0.4) is 0 Å². The number of hydrogen-bond donors (Lipinski definition) is 1. The third kappa shape index (κ3) is 2.72. The molecule has 4 heteroatoms. The number of nitrogens with zero attached hydrogens (tertiary/aromatic N) is 1. The smallest absolute Gasteiger partial charge is 0.241 e. The second-order valence-electron chi connectivity index (χ2n) is 4.87. The van der Waals surface area contributed by atoms with Gasteiger partial charge in [0.1, 0.15) is 0 Å². The van der Waals surface area contributed by atoms with Crippen molar-refractivity contribution in [3.8, 4) is 0 Å². The molecule has 94 valence electrons. The molecule has 1 saturated heterocycles. The number of hydrogen-bond acceptors (Lipinski definition) is 3. The Kier molecular flexibility index (Phi) is 5.12. The minimum atomic E-state index is 0.0247. The molecule has 16 heavy (non-hydrogen) atoms. The monoisotopic (exact) mass is 244 g/mol. The number of amides is 1. The first-order valence-corrected chi connectivity index (χ1v) is 7.49. The van der Waals surface area contributed by atoms with Crippen LogP contribution >= 0.6 is 11.8 Å². The third-order valence-corrected chi connectivity index (χ3v) is 3.96. The largest absolute Gasteiger partial charge is 0.322 e. The topological polar surface area (TPSA) is 32.3 Å². The van der Waals surface area contributed by atoms with Crippen molar-refractivity contribution in [2.24, 2.45) is 5.92 Å². The summed E-state index contributed by atoms with van der Waals surface area (Å²) in [5.41, 5.74) is 0. The molecule has 0 aromatic rings. The normalized spacial score (nSPS) is 27.9. The minimum absolute atomic E-state index is 0.0247. The van der Waals surface area contributed by atoms with Crippen LogP contribution in [-0.2, 0) is 4.79 Å². The molecule has 1 heterocycles. The highest BCUT2D eigenvalue weighted by molar-refractivity contribution is 7.98. The van der Waals surface area contributed by atoms with Crippen LogP contribution in [0.1, 0.15) is 34.1 Å². The van der Waals surface area contributed by atoms with Crippen molar-refractivity contribution in [1.82, 2.24) is 10.2 Å². The van der Waals surface area contributed by atoms with Gasteiger partial charge in [-0.25, -0.2) is 0 Å². The molecule has 1 fully saturated rings. The summed E-state index contributed by atoms with van der Waals surface area (Å²) >= 11 is 1.80. The molecule has 0 spiro atoms. The first-order chi connectivity index (χ1) is 7.52. The van der Waals surface area contributed by atoms with E-state index in [0.29, 0.717) is 12.0 Å². The zero-order chi connectivity index (χ0) is 12.3. The summed E-state index contributed by atoms with van der Waals surface area (Å²) < 4.78 is 0. The third-order valence-electron chi connectivity index (χ3n) is 3.15.